The maximum Gasteiger partial charge on any atom is 0.270 e. The minimum Gasteiger partial charge on any atom is -0.497 e. The molecule has 0 bridgehead atoms. The molecule has 0 aliphatic carbocycles. The average molecular weight is 438 g/mol. The fourth-order valence-electron chi connectivity index (χ4n) is 2.02. The zero-order valence-electron chi connectivity index (χ0n) is 15.7. The third kappa shape index (κ3) is 5.13. The van der Waals surface area contributed by atoms with E-state index in [-0.39, 0.29) is 33.7 Å². The molecule has 1 amide bonds. The molecule has 3 rings (SSSR count). The fourth-order valence-corrected chi connectivity index (χ4v) is 3.94. The predicted octanol–water partition coefficient (Wildman–Crippen LogP) is 1.67. The topological polar surface area (TPSA) is 149 Å². The van der Waals surface area contributed by atoms with E-state index < -0.39 is 10.0 Å². The van der Waals surface area contributed by atoms with E-state index in [9.17, 15) is 13.2 Å². The molecule has 11 nitrogen and oxygen atoms in total. The molecule has 0 saturated heterocycles. The van der Waals surface area contributed by atoms with Crippen LogP contribution in [-0.2, 0) is 21.4 Å². The molecule has 2 aromatic heterocycles. The Kier molecular flexibility index (Phi) is 6.20. The Labute approximate surface area is 170 Å². The molecule has 0 aliphatic rings. The number of carbonyl (C=O) groups excluding carboxylic acids is 1. The fraction of sp³-hybridized carbons (Fsp3) is 0.312. The largest absolute Gasteiger partial charge is 0.497 e. The quantitative estimate of drug-likeness (QED) is 0.501. The summed E-state index contributed by atoms with van der Waals surface area (Å²) in [6.07, 6.45) is 0. The smallest absolute Gasteiger partial charge is 0.270 e. The van der Waals surface area contributed by atoms with Crippen molar-refractivity contribution in [2.24, 2.45) is 5.92 Å². The lowest BCUT2D eigenvalue weighted by Gasteiger charge is -2.02. The van der Waals surface area contributed by atoms with Crippen LogP contribution in [0.15, 0.2) is 33.1 Å². The summed E-state index contributed by atoms with van der Waals surface area (Å²) in [4.78, 5) is 15.8. The van der Waals surface area contributed by atoms with Gasteiger partial charge in [0.05, 0.1) is 13.7 Å². The van der Waals surface area contributed by atoms with Crippen LogP contribution >= 0.6 is 11.3 Å². The Balaban J connectivity index is 1.64. The monoisotopic (exact) mass is 438 g/mol. The molecule has 2 heterocycles. The van der Waals surface area contributed by atoms with Gasteiger partial charge in [0.15, 0.2) is 0 Å². The van der Waals surface area contributed by atoms with Crippen molar-refractivity contribution in [2.75, 3.05) is 12.4 Å². The van der Waals surface area contributed by atoms with Crippen LogP contribution in [0.1, 0.15) is 19.7 Å². The van der Waals surface area contributed by atoms with E-state index in [0.717, 1.165) is 11.3 Å². The Morgan fingerprint density at radius 3 is 2.62 bits per heavy atom. The normalized spacial score (nSPS) is 11.6. The van der Waals surface area contributed by atoms with Crippen molar-refractivity contribution >= 4 is 32.4 Å². The molecule has 3 aromatic rings. The molecule has 13 heteroatoms. The lowest BCUT2D eigenvalue weighted by atomic mass is 10.2. The van der Waals surface area contributed by atoms with Crippen LogP contribution < -0.4 is 14.8 Å². The van der Waals surface area contributed by atoms with Gasteiger partial charge in [-0.25, -0.2) is 8.42 Å². The predicted molar refractivity (Wildman–Crippen MR) is 104 cm³/mol. The highest BCUT2D eigenvalue weighted by atomic mass is 32.2. The standard InChI is InChI=1S/C16H18N6O5S2/c1-9(2)14(23)19-15-20-21-16(28-15)29(24,25)17-8-12-18-13(22-27-12)10-4-6-11(26-3)7-5-10/h4-7,9,17H,8H2,1-3H3,(H,19,20,23). The third-order valence-corrected chi connectivity index (χ3v) is 6.23. The number of ether oxygens (including phenoxy) is 1. The number of benzene rings is 1. The lowest BCUT2D eigenvalue weighted by Crippen LogP contribution is -2.23. The van der Waals surface area contributed by atoms with Crippen LogP contribution in [-0.4, -0.2) is 41.8 Å². The van der Waals surface area contributed by atoms with Gasteiger partial charge in [-0.05, 0) is 24.3 Å². The van der Waals surface area contributed by atoms with Crippen molar-refractivity contribution in [3.8, 4) is 17.1 Å². The Bertz CT molecular complexity index is 1090. The molecule has 1 aromatic carbocycles. The van der Waals surface area contributed by atoms with Gasteiger partial charge in [-0.1, -0.05) is 30.3 Å². The van der Waals surface area contributed by atoms with Crippen LogP contribution in [0.4, 0.5) is 5.13 Å². The van der Waals surface area contributed by atoms with E-state index in [1.54, 1.807) is 45.2 Å². The van der Waals surface area contributed by atoms with Crippen LogP contribution in [0, 0.1) is 5.92 Å². The number of hydrogen-bond donors (Lipinski definition) is 2. The molecule has 0 unspecified atom stereocenters. The summed E-state index contributed by atoms with van der Waals surface area (Å²) in [6.45, 7) is 3.19. The first kappa shape index (κ1) is 20.8. The average Bonchev–Trinajstić information content (AvgIpc) is 3.36. The summed E-state index contributed by atoms with van der Waals surface area (Å²) in [5.41, 5.74) is 0.693. The van der Waals surface area contributed by atoms with Gasteiger partial charge < -0.3 is 14.6 Å². The Morgan fingerprint density at radius 1 is 1.24 bits per heavy atom. The zero-order chi connectivity index (χ0) is 21.0. The Morgan fingerprint density at radius 2 is 1.97 bits per heavy atom. The summed E-state index contributed by atoms with van der Waals surface area (Å²) in [7, 11) is -2.40. The minimum atomic E-state index is -3.96. The second kappa shape index (κ2) is 8.63. The number of methoxy groups -OCH3 is 1. The van der Waals surface area contributed by atoms with E-state index in [1.807, 2.05) is 0 Å². The maximum atomic E-state index is 12.4. The van der Waals surface area contributed by atoms with Crippen LogP contribution in [0.3, 0.4) is 0 Å². The number of hydrogen-bond acceptors (Lipinski definition) is 10. The number of rotatable bonds is 8. The number of nitrogens with one attached hydrogen (secondary N) is 2. The molecule has 154 valence electrons. The van der Waals surface area contributed by atoms with E-state index in [2.05, 4.69) is 30.4 Å². The lowest BCUT2D eigenvalue weighted by molar-refractivity contribution is -0.118. The van der Waals surface area contributed by atoms with E-state index in [0.29, 0.717) is 17.1 Å². The number of amides is 1. The third-order valence-electron chi connectivity index (χ3n) is 3.62. The highest BCUT2D eigenvalue weighted by molar-refractivity contribution is 7.91. The molecule has 2 N–H and O–H groups in total. The highest BCUT2D eigenvalue weighted by Crippen LogP contribution is 2.22. The van der Waals surface area contributed by atoms with Crippen molar-refractivity contribution in [2.45, 2.75) is 24.7 Å². The van der Waals surface area contributed by atoms with Crippen molar-refractivity contribution in [3.05, 3.63) is 30.2 Å². The zero-order valence-corrected chi connectivity index (χ0v) is 17.4. The number of anilines is 1. The van der Waals surface area contributed by atoms with Gasteiger partial charge >= 0.3 is 0 Å². The van der Waals surface area contributed by atoms with Gasteiger partial charge in [-0.3, -0.25) is 4.79 Å². The SMILES string of the molecule is COc1ccc(-c2noc(CNS(=O)(=O)c3nnc(NC(=O)C(C)C)s3)n2)cc1. The second-order valence-corrected chi connectivity index (χ2v) is 9.00. The first-order valence-corrected chi connectivity index (χ1v) is 10.7. The number of sulfonamides is 1. The van der Waals surface area contributed by atoms with Gasteiger partial charge in [0, 0.05) is 11.5 Å². The maximum absolute atomic E-state index is 12.4. The van der Waals surface area contributed by atoms with Crippen LogP contribution in [0.2, 0.25) is 0 Å². The number of aromatic nitrogens is 4. The molecule has 0 saturated carbocycles. The summed E-state index contributed by atoms with van der Waals surface area (Å²) >= 11 is 0.743. The van der Waals surface area contributed by atoms with Crippen molar-refractivity contribution in [3.63, 3.8) is 0 Å². The van der Waals surface area contributed by atoms with Crippen LogP contribution in [0.25, 0.3) is 11.4 Å². The molecule has 0 spiro atoms. The molecule has 0 radical (unpaired) electrons. The summed E-state index contributed by atoms with van der Waals surface area (Å²) in [5, 5.41) is 13.7. The molecular formula is C16H18N6O5S2. The number of nitrogens with zero attached hydrogens (tertiary/aromatic N) is 4. The molecular weight excluding hydrogens is 420 g/mol. The van der Waals surface area contributed by atoms with Crippen molar-refractivity contribution in [1.29, 1.82) is 0 Å². The Hall–Kier alpha value is -2.90. The highest BCUT2D eigenvalue weighted by Gasteiger charge is 2.22. The van der Waals surface area contributed by atoms with Gasteiger partial charge in [0.25, 0.3) is 10.0 Å². The van der Waals surface area contributed by atoms with Crippen molar-refractivity contribution < 1.29 is 22.5 Å². The van der Waals surface area contributed by atoms with Gasteiger partial charge in [-0.2, -0.15) is 9.71 Å². The molecule has 0 atom stereocenters. The number of carbonyl (C=O) groups is 1. The summed E-state index contributed by atoms with van der Waals surface area (Å²) in [5.74, 6) is 0.532. The molecule has 29 heavy (non-hydrogen) atoms. The first-order chi connectivity index (χ1) is 13.8. The summed E-state index contributed by atoms with van der Waals surface area (Å²) < 4.78 is 36.9. The first-order valence-electron chi connectivity index (χ1n) is 8.39. The minimum absolute atomic E-state index is 0.0808. The van der Waals surface area contributed by atoms with Gasteiger partial charge in [-0.15, -0.1) is 10.2 Å². The second-order valence-electron chi connectivity index (χ2n) is 6.08. The summed E-state index contributed by atoms with van der Waals surface area (Å²) in [6, 6.07) is 7.01. The van der Waals surface area contributed by atoms with Crippen molar-refractivity contribution in [1.82, 2.24) is 25.1 Å². The molecule has 0 aliphatic heterocycles. The van der Waals surface area contributed by atoms with E-state index in [4.69, 9.17) is 9.26 Å². The van der Waals surface area contributed by atoms with E-state index in [1.165, 1.54) is 0 Å². The van der Waals surface area contributed by atoms with Gasteiger partial charge in [0.2, 0.25) is 27.1 Å². The van der Waals surface area contributed by atoms with Crippen LogP contribution in [0.5, 0.6) is 5.75 Å². The van der Waals surface area contributed by atoms with E-state index >= 15 is 0 Å². The molecule has 0 fully saturated rings. The van der Waals surface area contributed by atoms with Gasteiger partial charge in [0.1, 0.15) is 5.75 Å².